The summed E-state index contributed by atoms with van der Waals surface area (Å²) in [6.07, 6.45) is 5.24. The van der Waals surface area contributed by atoms with Crippen molar-refractivity contribution in [1.82, 2.24) is 14.6 Å². The van der Waals surface area contributed by atoms with E-state index < -0.39 is 0 Å². The van der Waals surface area contributed by atoms with Crippen LogP contribution in [-0.2, 0) is 6.42 Å². The summed E-state index contributed by atoms with van der Waals surface area (Å²) in [5.41, 5.74) is 5.26. The molecular formula is C22H19N3O2. The molecule has 0 aliphatic heterocycles. The van der Waals surface area contributed by atoms with Crippen molar-refractivity contribution in [3.8, 4) is 16.9 Å². The number of hydrogen-bond acceptors (Lipinski definition) is 4. The minimum absolute atomic E-state index is 0.0335. The lowest BCUT2D eigenvalue weighted by Crippen LogP contribution is -2.06. The van der Waals surface area contributed by atoms with Gasteiger partial charge < -0.3 is 4.74 Å². The lowest BCUT2D eigenvalue weighted by molar-refractivity contribution is 0.0993. The molecule has 2 aromatic carbocycles. The molecule has 0 bridgehead atoms. The van der Waals surface area contributed by atoms with Crippen molar-refractivity contribution in [2.45, 2.75) is 13.3 Å². The number of aromatic nitrogens is 3. The van der Waals surface area contributed by atoms with Gasteiger partial charge in [-0.3, -0.25) is 4.79 Å². The first-order chi connectivity index (χ1) is 13.2. The number of benzene rings is 2. The van der Waals surface area contributed by atoms with Crippen molar-refractivity contribution in [1.29, 1.82) is 0 Å². The molecule has 0 saturated heterocycles. The van der Waals surface area contributed by atoms with Gasteiger partial charge in [-0.25, -0.2) is 9.50 Å². The highest BCUT2D eigenvalue weighted by Crippen LogP contribution is 2.31. The van der Waals surface area contributed by atoms with Gasteiger partial charge in [0.2, 0.25) is 0 Å². The van der Waals surface area contributed by atoms with E-state index in [-0.39, 0.29) is 12.2 Å². The molecule has 0 atom stereocenters. The van der Waals surface area contributed by atoms with Gasteiger partial charge in [-0.1, -0.05) is 36.4 Å². The minimum atomic E-state index is -0.0335. The Morgan fingerprint density at radius 2 is 1.96 bits per heavy atom. The molecule has 2 heterocycles. The van der Waals surface area contributed by atoms with Crippen molar-refractivity contribution in [3.63, 3.8) is 0 Å². The normalized spacial score (nSPS) is 10.9. The smallest absolute Gasteiger partial charge is 0.172 e. The summed E-state index contributed by atoms with van der Waals surface area (Å²) in [5, 5.41) is 4.20. The van der Waals surface area contributed by atoms with Gasteiger partial charge in [0.25, 0.3) is 0 Å². The van der Waals surface area contributed by atoms with Crippen LogP contribution in [0.1, 0.15) is 21.5 Å². The Bertz CT molecular complexity index is 1120. The number of ketones is 1. The number of carbonyl (C=O) groups excluding carboxylic acids is 1. The average molecular weight is 357 g/mol. The number of rotatable bonds is 5. The molecule has 0 N–H and O–H groups in total. The molecule has 4 rings (SSSR count). The Kier molecular flexibility index (Phi) is 4.42. The zero-order valence-electron chi connectivity index (χ0n) is 15.2. The van der Waals surface area contributed by atoms with Crippen molar-refractivity contribution < 1.29 is 9.53 Å². The molecule has 5 heteroatoms. The van der Waals surface area contributed by atoms with Crippen LogP contribution in [0, 0.1) is 6.92 Å². The van der Waals surface area contributed by atoms with E-state index in [4.69, 9.17) is 4.74 Å². The van der Waals surface area contributed by atoms with Gasteiger partial charge in [-0.05, 0) is 35.7 Å². The van der Waals surface area contributed by atoms with Gasteiger partial charge in [0.05, 0.1) is 18.9 Å². The number of nitrogens with zero attached hydrogens (tertiary/aromatic N) is 3. The molecule has 0 aliphatic rings. The molecule has 0 amide bonds. The maximum atomic E-state index is 12.9. The average Bonchev–Trinajstić information content (AvgIpc) is 3.13. The van der Waals surface area contributed by atoms with Crippen LogP contribution in [0.15, 0.2) is 67.1 Å². The molecule has 0 unspecified atom stereocenters. The molecule has 0 aliphatic carbocycles. The van der Waals surface area contributed by atoms with Gasteiger partial charge >= 0.3 is 0 Å². The molecule has 2 aromatic heterocycles. The Morgan fingerprint density at radius 3 is 2.74 bits per heavy atom. The fraction of sp³-hybridized carbons (Fsp3) is 0.136. The Morgan fingerprint density at radius 1 is 1.15 bits per heavy atom. The van der Waals surface area contributed by atoms with Gasteiger partial charge in [0.1, 0.15) is 5.75 Å². The minimum Gasteiger partial charge on any atom is -0.496 e. The zero-order chi connectivity index (χ0) is 18.8. The molecule has 0 spiro atoms. The topological polar surface area (TPSA) is 56.5 Å². The second-order valence-electron chi connectivity index (χ2n) is 6.39. The summed E-state index contributed by atoms with van der Waals surface area (Å²) in [5.74, 6) is 0.672. The Labute approximate surface area is 157 Å². The highest BCUT2D eigenvalue weighted by Gasteiger charge is 2.18. The lowest BCUT2D eigenvalue weighted by Gasteiger charge is -2.13. The summed E-state index contributed by atoms with van der Waals surface area (Å²) < 4.78 is 7.18. The number of hydrogen-bond donors (Lipinski definition) is 0. The molecule has 5 nitrogen and oxygen atoms in total. The van der Waals surface area contributed by atoms with Crippen LogP contribution in [0.2, 0.25) is 0 Å². The fourth-order valence-electron chi connectivity index (χ4n) is 3.30. The van der Waals surface area contributed by atoms with E-state index in [1.165, 1.54) is 0 Å². The standard InChI is InChI=1S/C22H19N3O2/c1-15-11-17(21(27-2)13-18(15)16-7-4-3-5-8-16)12-20(26)19-14-24-25-10-6-9-23-22(19)25/h3-11,13-14H,12H2,1-2H3. The molecular weight excluding hydrogens is 338 g/mol. The third-order valence-corrected chi connectivity index (χ3v) is 4.64. The molecule has 0 radical (unpaired) electrons. The number of Topliss-reactive ketones (excluding diaryl/α,β-unsaturated/α-hetero) is 1. The van der Waals surface area contributed by atoms with Crippen LogP contribution in [0.4, 0.5) is 0 Å². The molecule has 4 aromatic rings. The number of methoxy groups -OCH3 is 1. The van der Waals surface area contributed by atoms with E-state index in [9.17, 15) is 4.79 Å². The third-order valence-electron chi connectivity index (χ3n) is 4.64. The summed E-state index contributed by atoms with van der Waals surface area (Å²) in [6, 6.07) is 16.0. The van der Waals surface area contributed by atoms with E-state index in [1.54, 1.807) is 36.3 Å². The highest BCUT2D eigenvalue weighted by atomic mass is 16.5. The van der Waals surface area contributed by atoms with Crippen molar-refractivity contribution in [2.75, 3.05) is 7.11 Å². The second kappa shape index (κ2) is 7.03. The van der Waals surface area contributed by atoms with Crippen LogP contribution in [0.3, 0.4) is 0 Å². The van der Waals surface area contributed by atoms with E-state index in [2.05, 4.69) is 22.2 Å². The van der Waals surface area contributed by atoms with E-state index >= 15 is 0 Å². The fourth-order valence-corrected chi connectivity index (χ4v) is 3.30. The van der Waals surface area contributed by atoms with E-state index in [1.807, 2.05) is 37.3 Å². The van der Waals surface area contributed by atoms with Crippen LogP contribution in [-0.4, -0.2) is 27.5 Å². The van der Waals surface area contributed by atoms with E-state index in [0.717, 1.165) is 22.3 Å². The monoisotopic (exact) mass is 357 g/mol. The van der Waals surface area contributed by atoms with Crippen molar-refractivity contribution >= 4 is 11.4 Å². The Balaban J connectivity index is 1.69. The van der Waals surface area contributed by atoms with Crippen LogP contribution >= 0.6 is 0 Å². The number of ether oxygens (including phenoxy) is 1. The lowest BCUT2D eigenvalue weighted by atomic mass is 9.95. The first-order valence-corrected chi connectivity index (χ1v) is 8.72. The molecule has 134 valence electrons. The zero-order valence-corrected chi connectivity index (χ0v) is 15.2. The van der Waals surface area contributed by atoms with Gasteiger partial charge in [0.15, 0.2) is 11.4 Å². The maximum Gasteiger partial charge on any atom is 0.172 e. The van der Waals surface area contributed by atoms with Gasteiger partial charge in [0, 0.05) is 24.4 Å². The molecule has 0 saturated carbocycles. The van der Waals surface area contributed by atoms with Crippen LogP contribution < -0.4 is 4.74 Å². The summed E-state index contributed by atoms with van der Waals surface area (Å²) >= 11 is 0. The quantitative estimate of drug-likeness (QED) is 0.504. The van der Waals surface area contributed by atoms with Gasteiger partial charge in [-0.2, -0.15) is 5.10 Å². The largest absolute Gasteiger partial charge is 0.496 e. The highest BCUT2D eigenvalue weighted by molar-refractivity contribution is 6.02. The maximum absolute atomic E-state index is 12.9. The first-order valence-electron chi connectivity index (χ1n) is 8.72. The summed E-state index contributed by atoms with van der Waals surface area (Å²) in [6.45, 7) is 2.05. The summed E-state index contributed by atoms with van der Waals surface area (Å²) in [7, 11) is 1.63. The first kappa shape index (κ1) is 17.0. The predicted octanol–water partition coefficient (Wildman–Crippen LogP) is 4.14. The Hall–Kier alpha value is -3.47. The van der Waals surface area contributed by atoms with E-state index in [0.29, 0.717) is 17.0 Å². The number of carbonyl (C=O) groups is 1. The molecule has 27 heavy (non-hydrogen) atoms. The third kappa shape index (κ3) is 3.19. The second-order valence-corrected chi connectivity index (χ2v) is 6.39. The number of fused-ring (bicyclic) bond motifs is 1. The predicted molar refractivity (Wildman–Crippen MR) is 104 cm³/mol. The van der Waals surface area contributed by atoms with Gasteiger partial charge in [-0.15, -0.1) is 0 Å². The van der Waals surface area contributed by atoms with Crippen LogP contribution in [0.5, 0.6) is 5.75 Å². The van der Waals surface area contributed by atoms with Crippen LogP contribution in [0.25, 0.3) is 16.8 Å². The SMILES string of the molecule is COc1cc(-c2ccccc2)c(C)cc1CC(=O)c1cnn2cccnc12. The van der Waals surface area contributed by atoms with Crippen molar-refractivity contribution in [2.24, 2.45) is 0 Å². The summed E-state index contributed by atoms with van der Waals surface area (Å²) in [4.78, 5) is 17.1. The van der Waals surface area contributed by atoms with Crippen molar-refractivity contribution in [3.05, 3.63) is 83.8 Å². The number of aryl methyl sites for hydroxylation is 1. The molecule has 0 fully saturated rings.